The normalized spacial score (nSPS) is 10.7. The summed E-state index contributed by atoms with van der Waals surface area (Å²) in [6.07, 6.45) is 0. The minimum atomic E-state index is -0.391. The van der Waals surface area contributed by atoms with Crippen LogP contribution in [0.5, 0.6) is 5.75 Å². The number of nitrogens with zero attached hydrogens (tertiary/aromatic N) is 2. The summed E-state index contributed by atoms with van der Waals surface area (Å²) in [4.78, 5) is 4.23. The fourth-order valence-corrected chi connectivity index (χ4v) is 2.55. The summed E-state index contributed by atoms with van der Waals surface area (Å²) in [6, 6.07) is 12.6. The van der Waals surface area contributed by atoms with Gasteiger partial charge in [0.15, 0.2) is 17.4 Å². The van der Waals surface area contributed by atoms with Crippen molar-refractivity contribution in [3.63, 3.8) is 0 Å². The summed E-state index contributed by atoms with van der Waals surface area (Å²) in [5.74, 6) is 0.388. The molecule has 0 aliphatic heterocycles. The second-order valence-corrected chi connectivity index (χ2v) is 5.64. The summed E-state index contributed by atoms with van der Waals surface area (Å²) in [6.45, 7) is 0.315. The first-order valence-electron chi connectivity index (χ1n) is 6.91. The van der Waals surface area contributed by atoms with Crippen molar-refractivity contribution >= 4 is 11.8 Å². The zero-order chi connectivity index (χ0) is 16.1. The Morgan fingerprint density at radius 1 is 1.00 bits per heavy atom. The Balaban J connectivity index is 1.54. The molecule has 3 aromatic rings. The molecule has 3 rings (SSSR count). The van der Waals surface area contributed by atoms with Crippen molar-refractivity contribution in [2.45, 2.75) is 5.16 Å². The number of nitrogens with one attached hydrogen (secondary N) is 1. The lowest BCUT2D eigenvalue weighted by atomic mass is 10.2. The fraction of sp³-hybridized carbons (Fsp3) is 0.125. The van der Waals surface area contributed by atoms with Crippen molar-refractivity contribution in [2.75, 3.05) is 12.4 Å². The topological polar surface area (TPSA) is 50.8 Å². The van der Waals surface area contributed by atoms with E-state index >= 15 is 0 Å². The second kappa shape index (κ2) is 7.23. The molecule has 0 bridgehead atoms. The van der Waals surface area contributed by atoms with Gasteiger partial charge in [-0.2, -0.15) is 0 Å². The van der Waals surface area contributed by atoms with Gasteiger partial charge < -0.3 is 4.74 Å². The van der Waals surface area contributed by atoms with Crippen LogP contribution in [0.25, 0.3) is 11.4 Å². The van der Waals surface area contributed by atoms with Crippen molar-refractivity contribution in [1.29, 1.82) is 0 Å². The highest BCUT2D eigenvalue weighted by Gasteiger charge is 2.10. The lowest BCUT2D eigenvalue weighted by Crippen LogP contribution is -2.01. The Labute approximate surface area is 135 Å². The Morgan fingerprint density at radius 2 is 1.74 bits per heavy atom. The maximum absolute atomic E-state index is 13.7. The van der Waals surface area contributed by atoms with E-state index in [1.807, 2.05) is 0 Å². The molecule has 0 aliphatic carbocycles. The molecule has 0 radical (unpaired) electrons. The highest BCUT2D eigenvalue weighted by Crippen LogP contribution is 2.22. The molecule has 4 nitrogen and oxygen atoms in total. The molecule has 0 spiro atoms. The van der Waals surface area contributed by atoms with Crippen molar-refractivity contribution in [1.82, 2.24) is 15.2 Å². The first kappa shape index (κ1) is 15.5. The van der Waals surface area contributed by atoms with Gasteiger partial charge in [-0.3, -0.25) is 5.10 Å². The third kappa shape index (κ3) is 3.87. The zero-order valence-corrected chi connectivity index (χ0v) is 12.8. The quantitative estimate of drug-likeness (QED) is 0.549. The van der Waals surface area contributed by atoms with Crippen LogP contribution < -0.4 is 4.74 Å². The first-order chi connectivity index (χ1) is 11.2. The molecule has 0 fully saturated rings. The molecule has 0 aliphatic rings. The van der Waals surface area contributed by atoms with E-state index in [2.05, 4.69) is 15.2 Å². The lowest BCUT2D eigenvalue weighted by Gasteiger charge is -2.05. The smallest absolute Gasteiger partial charge is 0.208 e. The predicted molar refractivity (Wildman–Crippen MR) is 84.4 cm³/mol. The molecule has 1 aromatic heterocycles. The first-order valence-corrected chi connectivity index (χ1v) is 7.90. The Hall–Kier alpha value is -2.41. The van der Waals surface area contributed by atoms with Crippen molar-refractivity contribution in [2.24, 2.45) is 0 Å². The van der Waals surface area contributed by atoms with Gasteiger partial charge >= 0.3 is 0 Å². The molecule has 1 N–H and O–H groups in total. The van der Waals surface area contributed by atoms with Crippen LogP contribution in [-0.2, 0) is 0 Å². The average Bonchev–Trinajstić information content (AvgIpc) is 3.02. The number of aromatic amines is 1. The van der Waals surface area contributed by atoms with Crippen molar-refractivity contribution in [3.05, 3.63) is 60.2 Å². The Morgan fingerprint density at radius 3 is 2.52 bits per heavy atom. The van der Waals surface area contributed by atoms with Gasteiger partial charge in [0, 0.05) is 5.75 Å². The standard InChI is InChI=1S/C16H13F2N3OS/c17-12-6-2-1-5-11(12)15-19-16(21-20-15)23-10-9-22-14-8-4-3-7-13(14)18/h1-8H,9-10H2,(H,19,20,21). The van der Waals surface area contributed by atoms with Gasteiger partial charge in [0.25, 0.3) is 0 Å². The van der Waals surface area contributed by atoms with Crippen molar-refractivity contribution in [3.8, 4) is 17.1 Å². The van der Waals surface area contributed by atoms with Crippen LogP contribution in [0, 0.1) is 11.6 Å². The average molecular weight is 333 g/mol. The summed E-state index contributed by atoms with van der Waals surface area (Å²) in [5, 5.41) is 7.22. The molecule has 23 heavy (non-hydrogen) atoms. The van der Waals surface area contributed by atoms with E-state index in [0.717, 1.165) is 0 Å². The Kier molecular flexibility index (Phi) is 4.87. The maximum Gasteiger partial charge on any atom is 0.208 e. The van der Waals surface area contributed by atoms with Crippen LogP contribution >= 0.6 is 11.8 Å². The second-order valence-electron chi connectivity index (χ2n) is 4.57. The van der Waals surface area contributed by atoms with Gasteiger partial charge in [-0.25, -0.2) is 13.8 Å². The number of benzene rings is 2. The Bertz CT molecular complexity index is 794. The molecule has 7 heteroatoms. The summed E-state index contributed by atoms with van der Waals surface area (Å²) in [7, 11) is 0. The number of para-hydroxylation sites is 1. The molecule has 0 atom stereocenters. The molecule has 2 aromatic carbocycles. The van der Waals surface area contributed by atoms with Crippen LogP contribution in [0.3, 0.4) is 0 Å². The van der Waals surface area contributed by atoms with Gasteiger partial charge in [0.05, 0.1) is 12.2 Å². The zero-order valence-electron chi connectivity index (χ0n) is 12.0. The summed E-state index contributed by atoms with van der Waals surface area (Å²) < 4.78 is 32.4. The van der Waals surface area contributed by atoms with Crippen LogP contribution in [0.1, 0.15) is 0 Å². The predicted octanol–water partition coefficient (Wildman–Crippen LogP) is 3.92. The number of hydrogen-bond acceptors (Lipinski definition) is 4. The van der Waals surface area contributed by atoms with Gasteiger partial charge in [0.2, 0.25) is 5.16 Å². The van der Waals surface area contributed by atoms with Crippen LogP contribution in [0.2, 0.25) is 0 Å². The van der Waals surface area contributed by atoms with E-state index in [9.17, 15) is 8.78 Å². The van der Waals surface area contributed by atoms with Crippen LogP contribution in [0.4, 0.5) is 8.78 Å². The molecule has 1 heterocycles. The minimum absolute atomic E-state index is 0.218. The fourth-order valence-electron chi connectivity index (χ4n) is 1.93. The summed E-state index contributed by atoms with van der Waals surface area (Å²) >= 11 is 1.34. The van der Waals surface area contributed by atoms with E-state index < -0.39 is 5.82 Å². The number of thioether (sulfide) groups is 1. The van der Waals surface area contributed by atoms with Crippen LogP contribution in [-0.4, -0.2) is 27.5 Å². The third-order valence-corrected chi connectivity index (χ3v) is 3.81. The molecule has 0 amide bonds. The van der Waals surface area contributed by atoms with E-state index in [1.54, 1.807) is 36.4 Å². The number of ether oxygens (including phenoxy) is 1. The monoisotopic (exact) mass is 333 g/mol. The van der Waals surface area contributed by atoms with Gasteiger partial charge in [0.1, 0.15) is 5.82 Å². The van der Waals surface area contributed by atoms with Crippen molar-refractivity contribution < 1.29 is 13.5 Å². The number of hydrogen-bond donors (Lipinski definition) is 1. The van der Waals surface area contributed by atoms with Gasteiger partial charge in [-0.05, 0) is 24.3 Å². The largest absolute Gasteiger partial charge is 0.490 e. The number of halogens is 2. The number of rotatable bonds is 6. The van der Waals surface area contributed by atoms with Gasteiger partial charge in [-0.15, -0.1) is 5.10 Å². The minimum Gasteiger partial charge on any atom is -0.490 e. The molecular formula is C16H13F2N3OS. The number of aromatic nitrogens is 3. The SMILES string of the molecule is Fc1ccccc1OCCSc1n[nH]c(-c2ccccc2F)n1. The molecule has 0 unspecified atom stereocenters. The maximum atomic E-state index is 13.7. The molecule has 118 valence electrons. The molecule has 0 saturated heterocycles. The third-order valence-electron chi connectivity index (χ3n) is 3.00. The summed E-state index contributed by atoms with van der Waals surface area (Å²) in [5.41, 5.74) is 0.370. The van der Waals surface area contributed by atoms with E-state index in [1.165, 1.54) is 23.9 Å². The number of H-pyrrole nitrogens is 1. The van der Waals surface area contributed by atoms with E-state index in [0.29, 0.717) is 28.9 Å². The molecular weight excluding hydrogens is 320 g/mol. The lowest BCUT2D eigenvalue weighted by molar-refractivity contribution is 0.325. The highest BCUT2D eigenvalue weighted by molar-refractivity contribution is 7.99. The molecule has 0 saturated carbocycles. The van der Waals surface area contributed by atoms with Gasteiger partial charge in [-0.1, -0.05) is 36.0 Å². The highest BCUT2D eigenvalue weighted by atomic mass is 32.2. The van der Waals surface area contributed by atoms with E-state index in [4.69, 9.17) is 4.74 Å². The van der Waals surface area contributed by atoms with Crippen LogP contribution in [0.15, 0.2) is 53.7 Å². The van der Waals surface area contributed by atoms with E-state index in [-0.39, 0.29) is 11.6 Å².